The standard InChI is InChI=1S/C21H23ClFNO3/c1-11(2)26-18-6-5-12(8-16(18)22)14-7-13-10-21(3,4)19(27-20(24)25)15(13)9-17(14)23/h5-9,11,19H,10H2,1-4H3,(H2,24,25)/t19-/m0/s1. The van der Waals surface area contributed by atoms with E-state index < -0.39 is 18.0 Å². The van der Waals surface area contributed by atoms with Crippen LogP contribution in [0.2, 0.25) is 5.02 Å². The van der Waals surface area contributed by atoms with Gasteiger partial charge in [-0.2, -0.15) is 0 Å². The summed E-state index contributed by atoms with van der Waals surface area (Å²) in [7, 11) is 0. The second kappa shape index (κ2) is 7.04. The fraction of sp³-hybridized carbons (Fsp3) is 0.381. The van der Waals surface area contributed by atoms with E-state index in [1.165, 1.54) is 6.07 Å². The van der Waals surface area contributed by atoms with E-state index in [2.05, 4.69) is 0 Å². The van der Waals surface area contributed by atoms with Gasteiger partial charge in [0.1, 0.15) is 17.7 Å². The van der Waals surface area contributed by atoms with Crippen molar-refractivity contribution in [3.63, 3.8) is 0 Å². The summed E-state index contributed by atoms with van der Waals surface area (Å²) in [5.74, 6) is 0.158. The monoisotopic (exact) mass is 391 g/mol. The van der Waals surface area contributed by atoms with Gasteiger partial charge in [-0.05, 0) is 61.2 Å². The van der Waals surface area contributed by atoms with Gasteiger partial charge in [-0.3, -0.25) is 0 Å². The Kier molecular flexibility index (Phi) is 5.08. The van der Waals surface area contributed by atoms with Gasteiger partial charge in [-0.25, -0.2) is 9.18 Å². The summed E-state index contributed by atoms with van der Waals surface area (Å²) in [4.78, 5) is 11.3. The number of benzene rings is 2. The molecule has 2 N–H and O–H groups in total. The van der Waals surface area contributed by atoms with Crippen molar-refractivity contribution in [3.8, 4) is 16.9 Å². The minimum Gasteiger partial charge on any atom is -0.489 e. The van der Waals surface area contributed by atoms with Crippen LogP contribution in [0.25, 0.3) is 11.1 Å². The average molecular weight is 392 g/mol. The molecule has 6 heteroatoms. The molecular weight excluding hydrogens is 369 g/mol. The zero-order valence-corrected chi connectivity index (χ0v) is 16.6. The Morgan fingerprint density at radius 3 is 2.59 bits per heavy atom. The maximum atomic E-state index is 14.9. The molecule has 0 fully saturated rings. The Balaban J connectivity index is 2.01. The largest absolute Gasteiger partial charge is 0.489 e. The number of halogens is 2. The van der Waals surface area contributed by atoms with Crippen molar-refractivity contribution in [2.45, 2.75) is 46.3 Å². The average Bonchev–Trinajstić information content (AvgIpc) is 2.78. The Morgan fingerprint density at radius 2 is 2.00 bits per heavy atom. The predicted octanol–water partition coefficient (Wildman–Crippen LogP) is 5.65. The summed E-state index contributed by atoms with van der Waals surface area (Å²) in [6.07, 6.45) is -0.790. The SMILES string of the molecule is CC(C)Oc1ccc(-c2cc3c(cc2F)[C@H](OC(N)=O)C(C)(C)C3)cc1Cl. The van der Waals surface area contributed by atoms with Crippen LogP contribution >= 0.6 is 11.6 Å². The maximum Gasteiger partial charge on any atom is 0.405 e. The van der Waals surface area contributed by atoms with Gasteiger partial charge in [-0.1, -0.05) is 31.5 Å². The summed E-state index contributed by atoms with van der Waals surface area (Å²) in [6, 6.07) is 8.45. The molecule has 1 aliphatic carbocycles. The molecule has 0 unspecified atom stereocenters. The fourth-order valence-corrected chi connectivity index (χ4v) is 3.84. The van der Waals surface area contributed by atoms with Gasteiger partial charge in [-0.15, -0.1) is 0 Å². The molecule has 0 aliphatic heterocycles. The number of primary amides is 1. The van der Waals surface area contributed by atoms with E-state index >= 15 is 0 Å². The molecule has 2 aromatic rings. The van der Waals surface area contributed by atoms with Crippen LogP contribution in [0.1, 0.15) is 44.9 Å². The minimum absolute atomic E-state index is 0.00509. The molecule has 0 aromatic heterocycles. The van der Waals surface area contributed by atoms with Crippen LogP contribution in [0.3, 0.4) is 0 Å². The number of hydrogen-bond acceptors (Lipinski definition) is 3. The van der Waals surface area contributed by atoms with E-state index in [0.717, 1.165) is 5.56 Å². The van der Waals surface area contributed by atoms with Crippen molar-refractivity contribution in [2.24, 2.45) is 11.1 Å². The van der Waals surface area contributed by atoms with Crippen LogP contribution < -0.4 is 10.5 Å². The predicted molar refractivity (Wildman–Crippen MR) is 104 cm³/mol. The van der Waals surface area contributed by atoms with Gasteiger partial charge in [0.2, 0.25) is 0 Å². The topological polar surface area (TPSA) is 61.6 Å². The third-order valence-electron chi connectivity index (χ3n) is 4.71. The Hall–Kier alpha value is -2.27. The molecule has 2 aromatic carbocycles. The fourth-order valence-electron chi connectivity index (χ4n) is 3.61. The molecule has 0 bridgehead atoms. The molecule has 0 saturated heterocycles. The van der Waals surface area contributed by atoms with Gasteiger partial charge in [0.25, 0.3) is 0 Å². The van der Waals surface area contributed by atoms with Crippen LogP contribution in [-0.4, -0.2) is 12.2 Å². The smallest absolute Gasteiger partial charge is 0.405 e. The first-order chi connectivity index (χ1) is 12.6. The van der Waals surface area contributed by atoms with E-state index in [4.69, 9.17) is 26.8 Å². The lowest BCUT2D eigenvalue weighted by Crippen LogP contribution is -2.25. The highest BCUT2D eigenvalue weighted by Gasteiger charge is 2.42. The summed E-state index contributed by atoms with van der Waals surface area (Å²) in [5.41, 5.74) is 7.52. The Morgan fingerprint density at radius 1 is 1.30 bits per heavy atom. The van der Waals surface area contributed by atoms with Crippen molar-refractivity contribution in [1.82, 2.24) is 0 Å². The van der Waals surface area contributed by atoms with Gasteiger partial charge in [0.15, 0.2) is 0 Å². The number of carbonyl (C=O) groups excluding carboxylic acids is 1. The second-order valence-corrected chi connectivity index (χ2v) is 8.23. The first-order valence-corrected chi connectivity index (χ1v) is 9.21. The molecule has 27 heavy (non-hydrogen) atoms. The minimum atomic E-state index is -0.863. The number of ether oxygens (including phenoxy) is 2. The third kappa shape index (κ3) is 3.88. The molecule has 1 aliphatic rings. The van der Waals surface area contributed by atoms with Crippen LogP contribution in [0.4, 0.5) is 9.18 Å². The molecule has 1 atom stereocenters. The van der Waals surface area contributed by atoms with E-state index in [9.17, 15) is 9.18 Å². The van der Waals surface area contributed by atoms with Crippen LogP contribution in [-0.2, 0) is 11.2 Å². The van der Waals surface area contributed by atoms with Gasteiger partial charge < -0.3 is 15.2 Å². The Bertz CT molecular complexity index is 895. The number of hydrogen-bond donors (Lipinski definition) is 1. The van der Waals surface area contributed by atoms with Crippen molar-refractivity contribution in [3.05, 3.63) is 52.3 Å². The lowest BCUT2D eigenvalue weighted by atomic mass is 9.87. The van der Waals surface area contributed by atoms with Crippen LogP contribution in [0.15, 0.2) is 30.3 Å². The summed E-state index contributed by atoms with van der Waals surface area (Å²) in [6.45, 7) is 7.76. The van der Waals surface area contributed by atoms with E-state index in [-0.39, 0.29) is 11.5 Å². The number of amides is 1. The molecule has 0 saturated carbocycles. The van der Waals surface area contributed by atoms with Crippen molar-refractivity contribution in [2.75, 3.05) is 0 Å². The number of nitrogens with two attached hydrogens (primary N) is 1. The van der Waals surface area contributed by atoms with Gasteiger partial charge in [0.05, 0.1) is 11.1 Å². The van der Waals surface area contributed by atoms with Crippen molar-refractivity contribution in [1.29, 1.82) is 0 Å². The first-order valence-electron chi connectivity index (χ1n) is 8.83. The van der Waals surface area contributed by atoms with E-state index in [1.807, 2.05) is 27.7 Å². The maximum absolute atomic E-state index is 14.9. The molecule has 3 rings (SSSR count). The summed E-state index contributed by atoms with van der Waals surface area (Å²) >= 11 is 6.30. The van der Waals surface area contributed by atoms with E-state index in [0.29, 0.717) is 33.9 Å². The molecule has 0 radical (unpaired) electrons. The van der Waals surface area contributed by atoms with Crippen LogP contribution in [0, 0.1) is 11.2 Å². The molecule has 144 valence electrons. The van der Waals surface area contributed by atoms with Crippen molar-refractivity contribution >= 4 is 17.7 Å². The first kappa shape index (κ1) is 19.5. The van der Waals surface area contributed by atoms with Crippen LogP contribution in [0.5, 0.6) is 5.75 Å². The number of rotatable bonds is 4. The Labute approximate surface area is 163 Å². The molecular formula is C21H23ClFNO3. The summed E-state index contributed by atoms with van der Waals surface area (Å²) < 4.78 is 25.8. The van der Waals surface area contributed by atoms with E-state index in [1.54, 1.807) is 24.3 Å². The molecule has 1 amide bonds. The third-order valence-corrected chi connectivity index (χ3v) is 5.00. The second-order valence-electron chi connectivity index (χ2n) is 7.82. The highest BCUT2D eigenvalue weighted by atomic mass is 35.5. The summed E-state index contributed by atoms with van der Waals surface area (Å²) in [5, 5.41) is 0.427. The lowest BCUT2D eigenvalue weighted by Gasteiger charge is -2.26. The molecule has 0 heterocycles. The number of carbonyl (C=O) groups is 1. The van der Waals surface area contributed by atoms with Gasteiger partial charge >= 0.3 is 6.09 Å². The normalized spacial score (nSPS) is 17.7. The lowest BCUT2D eigenvalue weighted by molar-refractivity contribution is 0.0391. The van der Waals surface area contributed by atoms with Gasteiger partial charge in [0, 0.05) is 11.0 Å². The van der Waals surface area contributed by atoms with Crippen molar-refractivity contribution < 1.29 is 18.7 Å². The quantitative estimate of drug-likeness (QED) is 0.732. The molecule has 4 nitrogen and oxygen atoms in total. The number of fused-ring (bicyclic) bond motifs is 1. The highest BCUT2D eigenvalue weighted by molar-refractivity contribution is 6.32. The molecule has 0 spiro atoms. The highest BCUT2D eigenvalue weighted by Crippen LogP contribution is 2.49. The zero-order chi connectivity index (χ0) is 19.9. The zero-order valence-electron chi connectivity index (χ0n) is 15.8.